The molecule has 0 N–H and O–H groups in total. The van der Waals surface area contributed by atoms with E-state index in [0.29, 0.717) is 12.8 Å². The maximum Gasteiger partial charge on any atom is 0.418 e. The van der Waals surface area contributed by atoms with Crippen LogP contribution in [-0.4, -0.2) is 26.6 Å². The lowest BCUT2D eigenvalue weighted by atomic mass is 10.4. The highest BCUT2D eigenvalue weighted by Crippen LogP contribution is 2.07. The third-order valence-corrected chi connectivity index (χ3v) is 2.47. The number of ether oxygens (including phenoxy) is 1. The molecule has 65 valence electrons. The second-order valence-electron chi connectivity index (χ2n) is 2.25. The fourth-order valence-corrected chi connectivity index (χ4v) is 1.53. The van der Waals surface area contributed by atoms with Gasteiger partial charge >= 0.3 is 6.47 Å². The average Bonchev–Trinajstić information content (AvgIpc) is 1.85. The zero-order valence-electron chi connectivity index (χ0n) is 6.53. The zero-order valence-corrected chi connectivity index (χ0v) is 7.35. The van der Waals surface area contributed by atoms with Crippen LogP contribution in [0.2, 0.25) is 0 Å². The SMILES string of the molecule is CCCC(O[C]=O)S(C)(=O)=O. The predicted octanol–water partition coefficient (Wildman–Crippen LogP) is 0.241. The van der Waals surface area contributed by atoms with Gasteiger partial charge in [-0.3, -0.25) is 0 Å². The van der Waals surface area contributed by atoms with E-state index in [1.54, 1.807) is 0 Å². The minimum absolute atomic E-state index is 0.327. The maximum atomic E-state index is 10.8. The van der Waals surface area contributed by atoms with Gasteiger partial charge in [0.2, 0.25) is 5.44 Å². The van der Waals surface area contributed by atoms with Gasteiger partial charge in [-0.05, 0) is 6.42 Å². The monoisotopic (exact) mass is 179 g/mol. The summed E-state index contributed by atoms with van der Waals surface area (Å²) >= 11 is 0. The number of sulfone groups is 1. The second-order valence-corrected chi connectivity index (χ2v) is 4.43. The Bertz CT molecular complexity index is 207. The van der Waals surface area contributed by atoms with E-state index >= 15 is 0 Å². The molecule has 0 aromatic heterocycles. The molecule has 0 aliphatic heterocycles. The average molecular weight is 179 g/mol. The Labute approximate surface area is 66.5 Å². The van der Waals surface area contributed by atoms with Crippen LogP contribution in [0, 0.1) is 0 Å². The molecule has 1 radical (unpaired) electrons. The van der Waals surface area contributed by atoms with Crippen molar-refractivity contribution in [2.24, 2.45) is 0 Å². The fourth-order valence-electron chi connectivity index (χ4n) is 0.650. The first kappa shape index (κ1) is 10.4. The van der Waals surface area contributed by atoms with Crippen LogP contribution in [0.25, 0.3) is 0 Å². The van der Waals surface area contributed by atoms with Crippen molar-refractivity contribution in [1.82, 2.24) is 0 Å². The third-order valence-electron chi connectivity index (χ3n) is 1.18. The van der Waals surface area contributed by atoms with E-state index in [2.05, 4.69) is 4.74 Å². The van der Waals surface area contributed by atoms with Gasteiger partial charge in [0.1, 0.15) is 0 Å². The lowest BCUT2D eigenvalue weighted by Crippen LogP contribution is -2.22. The minimum Gasteiger partial charge on any atom is -0.438 e. The molecule has 0 heterocycles. The molecule has 0 rings (SSSR count). The summed E-state index contributed by atoms with van der Waals surface area (Å²) in [7, 11) is -3.27. The van der Waals surface area contributed by atoms with Crippen LogP contribution >= 0.6 is 0 Å². The van der Waals surface area contributed by atoms with Crippen molar-refractivity contribution in [1.29, 1.82) is 0 Å². The molecule has 0 saturated carbocycles. The smallest absolute Gasteiger partial charge is 0.418 e. The van der Waals surface area contributed by atoms with Gasteiger partial charge in [0, 0.05) is 6.26 Å². The Balaban J connectivity index is 4.21. The van der Waals surface area contributed by atoms with Gasteiger partial charge < -0.3 is 4.74 Å². The fraction of sp³-hybridized carbons (Fsp3) is 0.833. The minimum atomic E-state index is -3.27. The summed E-state index contributed by atoms with van der Waals surface area (Å²) in [4.78, 5) is 9.73. The lowest BCUT2D eigenvalue weighted by molar-refractivity contribution is 0.231. The normalized spacial score (nSPS) is 14.0. The van der Waals surface area contributed by atoms with Crippen LogP contribution in [0.1, 0.15) is 19.8 Å². The first-order valence-corrected chi connectivity index (χ1v) is 5.19. The Kier molecular flexibility index (Phi) is 4.10. The van der Waals surface area contributed by atoms with Gasteiger partial charge in [0.25, 0.3) is 0 Å². The summed E-state index contributed by atoms with van der Waals surface area (Å²) in [5, 5.41) is 0. The van der Waals surface area contributed by atoms with Crippen molar-refractivity contribution in [2.45, 2.75) is 25.2 Å². The van der Waals surface area contributed by atoms with E-state index in [4.69, 9.17) is 0 Å². The van der Waals surface area contributed by atoms with E-state index in [9.17, 15) is 13.2 Å². The van der Waals surface area contributed by atoms with E-state index in [1.807, 2.05) is 6.92 Å². The highest BCUT2D eigenvalue weighted by atomic mass is 32.2. The summed E-state index contributed by atoms with van der Waals surface area (Å²) in [6.07, 6.45) is 2.01. The molecule has 0 spiro atoms. The summed E-state index contributed by atoms with van der Waals surface area (Å²) in [6, 6.07) is 0. The largest absolute Gasteiger partial charge is 0.438 e. The van der Waals surface area contributed by atoms with Crippen LogP contribution in [0.4, 0.5) is 0 Å². The summed E-state index contributed by atoms with van der Waals surface area (Å²) < 4.78 is 25.9. The van der Waals surface area contributed by atoms with Gasteiger partial charge in [-0.15, -0.1) is 0 Å². The number of carbonyl (C=O) groups excluding carboxylic acids is 1. The van der Waals surface area contributed by atoms with E-state index in [-0.39, 0.29) is 0 Å². The molecular formula is C6H11O4S. The predicted molar refractivity (Wildman–Crippen MR) is 40.3 cm³/mol. The molecule has 4 nitrogen and oxygen atoms in total. The number of hydrogen-bond donors (Lipinski definition) is 0. The lowest BCUT2D eigenvalue weighted by Gasteiger charge is -2.09. The molecular weight excluding hydrogens is 168 g/mol. The topological polar surface area (TPSA) is 60.4 Å². The van der Waals surface area contributed by atoms with Gasteiger partial charge in [0.15, 0.2) is 9.84 Å². The molecule has 1 unspecified atom stereocenters. The van der Waals surface area contributed by atoms with Gasteiger partial charge in [0.05, 0.1) is 0 Å². The van der Waals surface area contributed by atoms with Crippen molar-refractivity contribution in [2.75, 3.05) is 6.26 Å². The van der Waals surface area contributed by atoms with Crippen molar-refractivity contribution < 1.29 is 17.9 Å². The van der Waals surface area contributed by atoms with Crippen molar-refractivity contribution in [3.63, 3.8) is 0 Å². The first-order chi connectivity index (χ1) is 5.02. The Morgan fingerprint density at radius 2 is 2.09 bits per heavy atom. The quantitative estimate of drug-likeness (QED) is 0.606. The highest BCUT2D eigenvalue weighted by molar-refractivity contribution is 7.91. The molecule has 0 fully saturated rings. The van der Waals surface area contributed by atoms with E-state index in [0.717, 1.165) is 12.7 Å². The molecule has 0 amide bonds. The van der Waals surface area contributed by atoms with Crippen LogP contribution < -0.4 is 0 Å². The van der Waals surface area contributed by atoms with E-state index in [1.165, 1.54) is 0 Å². The number of hydrogen-bond acceptors (Lipinski definition) is 4. The van der Waals surface area contributed by atoms with Crippen molar-refractivity contribution in [3.8, 4) is 0 Å². The summed E-state index contributed by atoms with van der Waals surface area (Å²) in [5.41, 5.74) is -1.02. The van der Waals surface area contributed by atoms with Crippen LogP contribution in [0.5, 0.6) is 0 Å². The highest BCUT2D eigenvalue weighted by Gasteiger charge is 2.20. The maximum absolute atomic E-state index is 10.8. The van der Waals surface area contributed by atoms with Crippen molar-refractivity contribution >= 4 is 16.3 Å². The molecule has 0 aromatic carbocycles. The Hall–Kier alpha value is -0.580. The van der Waals surface area contributed by atoms with Crippen LogP contribution in [0.15, 0.2) is 0 Å². The molecule has 5 heteroatoms. The van der Waals surface area contributed by atoms with Crippen LogP contribution in [-0.2, 0) is 19.4 Å². The first-order valence-electron chi connectivity index (χ1n) is 3.24. The Morgan fingerprint density at radius 1 is 1.55 bits per heavy atom. The summed E-state index contributed by atoms with van der Waals surface area (Å²) in [6.45, 7) is 2.94. The van der Waals surface area contributed by atoms with Gasteiger partial charge in [-0.1, -0.05) is 13.3 Å². The van der Waals surface area contributed by atoms with Gasteiger partial charge in [-0.25, -0.2) is 13.2 Å². The zero-order chi connectivity index (χ0) is 8.91. The molecule has 0 aromatic rings. The van der Waals surface area contributed by atoms with E-state index < -0.39 is 15.3 Å². The molecule has 0 saturated heterocycles. The molecule has 11 heavy (non-hydrogen) atoms. The standard InChI is InChI=1S/C6H11O4S/c1-3-4-6(10-5-7)11(2,8)9/h6H,3-4H2,1-2H3. The van der Waals surface area contributed by atoms with Gasteiger partial charge in [-0.2, -0.15) is 0 Å². The number of rotatable bonds is 5. The van der Waals surface area contributed by atoms with Crippen molar-refractivity contribution in [3.05, 3.63) is 0 Å². The second kappa shape index (κ2) is 4.33. The Morgan fingerprint density at radius 3 is 2.36 bits per heavy atom. The molecule has 1 atom stereocenters. The van der Waals surface area contributed by atoms with Crippen LogP contribution in [0.3, 0.4) is 0 Å². The molecule has 0 bridgehead atoms. The summed E-state index contributed by atoms with van der Waals surface area (Å²) in [5.74, 6) is 0. The molecule has 0 aliphatic rings. The third kappa shape index (κ3) is 3.98. The molecule has 0 aliphatic carbocycles.